The summed E-state index contributed by atoms with van der Waals surface area (Å²) in [6.45, 7) is 8.52. The first-order valence-corrected chi connectivity index (χ1v) is 7.70. The second-order valence-corrected chi connectivity index (χ2v) is 4.75. The molecule has 0 amide bonds. The maximum atomic E-state index is 5.68. The topological polar surface area (TPSA) is 52.6 Å². The zero-order valence-electron chi connectivity index (χ0n) is 13.5. The molecule has 0 saturated heterocycles. The van der Waals surface area contributed by atoms with Gasteiger partial charge in [0.2, 0.25) is 5.88 Å². The van der Waals surface area contributed by atoms with E-state index in [0.717, 1.165) is 38.2 Å². The van der Waals surface area contributed by atoms with E-state index in [2.05, 4.69) is 30.2 Å². The Morgan fingerprint density at radius 2 is 1.95 bits per heavy atom. The van der Waals surface area contributed by atoms with Gasteiger partial charge >= 0.3 is 0 Å². The van der Waals surface area contributed by atoms with Gasteiger partial charge in [0.05, 0.1) is 6.61 Å². The molecule has 0 saturated carbocycles. The highest BCUT2D eigenvalue weighted by atomic mass is 16.5. The molecule has 0 aromatic carbocycles. The number of hydrogen-bond acceptors (Lipinski definition) is 5. The van der Waals surface area contributed by atoms with E-state index in [1.54, 1.807) is 7.11 Å². The van der Waals surface area contributed by atoms with Crippen LogP contribution in [0.5, 0.6) is 5.88 Å². The van der Waals surface area contributed by atoms with E-state index in [0.29, 0.717) is 25.7 Å². The van der Waals surface area contributed by atoms with Crippen LogP contribution in [0, 0.1) is 0 Å². The van der Waals surface area contributed by atoms with Gasteiger partial charge in [-0.25, -0.2) is 4.98 Å². The molecule has 1 aromatic rings. The fourth-order valence-electron chi connectivity index (χ4n) is 1.86. The molecular formula is C16H28N2O3. The third-order valence-corrected chi connectivity index (χ3v) is 2.97. The van der Waals surface area contributed by atoms with Crippen LogP contribution in [0.4, 0.5) is 0 Å². The first-order valence-electron chi connectivity index (χ1n) is 7.70. The summed E-state index contributed by atoms with van der Waals surface area (Å²) in [5.74, 6) is 0.683. The van der Waals surface area contributed by atoms with Gasteiger partial charge in [-0.1, -0.05) is 13.8 Å². The van der Waals surface area contributed by atoms with E-state index < -0.39 is 0 Å². The normalized spacial score (nSPS) is 10.8. The van der Waals surface area contributed by atoms with E-state index in [9.17, 15) is 0 Å². The van der Waals surface area contributed by atoms with Crippen LogP contribution in [0.1, 0.15) is 31.5 Å². The summed E-state index contributed by atoms with van der Waals surface area (Å²) in [7, 11) is 1.69. The third kappa shape index (κ3) is 7.99. The Morgan fingerprint density at radius 1 is 1.10 bits per heavy atom. The van der Waals surface area contributed by atoms with Crippen molar-refractivity contribution in [2.75, 3.05) is 40.1 Å². The van der Waals surface area contributed by atoms with Gasteiger partial charge in [-0.05, 0) is 31.0 Å². The van der Waals surface area contributed by atoms with Crippen molar-refractivity contribution in [3.05, 3.63) is 23.4 Å². The maximum absolute atomic E-state index is 5.68. The van der Waals surface area contributed by atoms with E-state index in [-0.39, 0.29) is 0 Å². The van der Waals surface area contributed by atoms with Gasteiger partial charge in [-0.15, -0.1) is 0 Å². The van der Waals surface area contributed by atoms with Gasteiger partial charge in [0.1, 0.15) is 6.61 Å². The van der Waals surface area contributed by atoms with Crippen molar-refractivity contribution >= 4 is 0 Å². The van der Waals surface area contributed by atoms with Crippen LogP contribution in [0.2, 0.25) is 0 Å². The molecule has 0 aliphatic heterocycles. The highest BCUT2D eigenvalue weighted by Crippen LogP contribution is 2.13. The highest BCUT2D eigenvalue weighted by Gasteiger charge is 2.03. The minimum Gasteiger partial charge on any atom is -0.475 e. The summed E-state index contributed by atoms with van der Waals surface area (Å²) in [6.07, 6.45) is 1.82. The van der Waals surface area contributed by atoms with Gasteiger partial charge in [-0.3, -0.25) is 0 Å². The Hall–Kier alpha value is -1.17. The number of methoxy groups -OCH3 is 1. The second kappa shape index (κ2) is 11.5. The lowest BCUT2D eigenvalue weighted by Gasteiger charge is -2.10. The Balaban J connectivity index is 2.35. The molecule has 0 bridgehead atoms. The van der Waals surface area contributed by atoms with Crippen molar-refractivity contribution in [2.45, 2.75) is 33.2 Å². The average Bonchev–Trinajstić information content (AvgIpc) is 2.51. The van der Waals surface area contributed by atoms with Gasteiger partial charge in [0, 0.05) is 38.6 Å². The summed E-state index contributed by atoms with van der Waals surface area (Å²) >= 11 is 0. The van der Waals surface area contributed by atoms with Gasteiger partial charge in [0.25, 0.3) is 0 Å². The van der Waals surface area contributed by atoms with Crippen molar-refractivity contribution in [1.82, 2.24) is 10.3 Å². The fourth-order valence-corrected chi connectivity index (χ4v) is 1.86. The highest BCUT2D eigenvalue weighted by molar-refractivity contribution is 5.25. The SMILES string of the molecule is CCNCc1cc(CC)nc(OCCOCCCOC)c1. The molecule has 0 aliphatic rings. The van der Waals surface area contributed by atoms with Crippen LogP contribution in [0.25, 0.3) is 0 Å². The van der Waals surface area contributed by atoms with Crippen LogP contribution < -0.4 is 10.1 Å². The predicted octanol–water partition coefficient (Wildman–Crippen LogP) is 2.19. The predicted molar refractivity (Wildman–Crippen MR) is 83.8 cm³/mol. The Bertz CT molecular complexity index is 386. The first-order chi connectivity index (χ1) is 10.3. The largest absolute Gasteiger partial charge is 0.475 e. The van der Waals surface area contributed by atoms with E-state index in [4.69, 9.17) is 14.2 Å². The number of ether oxygens (including phenoxy) is 3. The van der Waals surface area contributed by atoms with E-state index >= 15 is 0 Å². The van der Waals surface area contributed by atoms with E-state index in [1.807, 2.05) is 6.07 Å². The zero-order chi connectivity index (χ0) is 15.3. The summed E-state index contributed by atoms with van der Waals surface area (Å²) in [4.78, 5) is 4.48. The lowest BCUT2D eigenvalue weighted by Crippen LogP contribution is -2.13. The summed E-state index contributed by atoms with van der Waals surface area (Å²) in [5, 5.41) is 3.32. The monoisotopic (exact) mass is 296 g/mol. The average molecular weight is 296 g/mol. The Kier molecular flexibility index (Phi) is 9.78. The quantitative estimate of drug-likeness (QED) is 0.599. The summed E-state index contributed by atoms with van der Waals surface area (Å²) < 4.78 is 16.1. The molecule has 21 heavy (non-hydrogen) atoms. The molecule has 0 radical (unpaired) electrons. The number of nitrogens with one attached hydrogen (secondary N) is 1. The minimum absolute atomic E-state index is 0.522. The van der Waals surface area contributed by atoms with Gasteiger partial charge in [0.15, 0.2) is 0 Å². The van der Waals surface area contributed by atoms with Crippen LogP contribution in [-0.2, 0) is 22.4 Å². The second-order valence-electron chi connectivity index (χ2n) is 4.75. The van der Waals surface area contributed by atoms with Crippen LogP contribution in [0.3, 0.4) is 0 Å². The lowest BCUT2D eigenvalue weighted by molar-refractivity contribution is 0.0795. The van der Waals surface area contributed by atoms with Crippen molar-refractivity contribution < 1.29 is 14.2 Å². The Morgan fingerprint density at radius 3 is 2.67 bits per heavy atom. The summed E-state index contributed by atoms with van der Waals surface area (Å²) in [5.41, 5.74) is 2.26. The molecule has 0 unspecified atom stereocenters. The molecule has 5 heteroatoms. The standard InChI is InChI=1S/C16H28N2O3/c1-4-15-11-14(13-17-5-2)12-16(18-15)21-10-9-20-8-6-7-19-3/h11-12,17H,4-10,13H2,1-3H3. The molecule has 120 valence electrons. The zero-order valence-corrected chi connectivity index (χ0v) is 13.5. The molecular weight excluding hydrogens is 268 g/mol. The lowest BCUT2D eigenvalue weighted by atomic mass is 10.2. The first kappa shape index (κ1) is 17.9. The van der Waals surface area contributed by atoms with Crippen molar-refractivity contribution in [3.63, 3.8) is 0 Å². The number of nitrogens with zero attached hydrogens (tertiary/aromatic N) is 1. The van der Waals surface area contributed by atoms with Crippen LogP contribution in [-0.4, -0.2) is 45.1 Å². The molecule has 1 N–H and O–H groups in total. The smallest absolute Gasteiger partial charge is 0.213 e. The number of aromatic nitrogens is 1. The van der Waals surface area contributed by atoms with Gasteiger partial charge < -0.3 is 19.5 Å². The molecule has 0 aliphatic carbocycles. The van der Waals surface area contributed by atoms with Gasteiger partial charge in [-0.2, -0.15) is 0 Å². The van der Waals surface area contributed by atoms with Crippen LogP contribution in [0.15, 0.2) is 12.1 Å². The number of aryl methyl sites for hydroxylation is 1. The van der Waals surface area contributed by atoms with Crippen LogP contribution >= 0.6 is 0 Å². The molecule has 0 fully saturated rings. The molecule has 5 nitrogen and oxygen atoms in total. The third-order valence-electron chi connectivity index (χ3n) is 2.97. The van der Waals surface area contributed by atoms with E-state index in [1.165, 1.54) is 5.56 Å². The number of hydrogen-bond donors (Lipinski definition) is 1. The number of pyridine rings is 1. The van der Waals surface area contributed by atoms with Crippen molar-refractivity contribution in [1.29, 1.82) is 0 Å². The fraction of sp³-hybridized carbons (Fsp3) is 0.688. The molecule has 0 atom stereocenters. The molecule has 1 aromatic heterocycles. The van der Waals surface area contributed by atoms with Crippen molar-refractivity contribution in [2.24, 2.45) is 0 Å². The Labute approximate surface area is 128 Å². The minimum atomic E-state index is 0.522. The maximum Gasteiger partial charge on any atom is 0.213 e. The molecule has 0 spiro atoms. The summed E-state index contributed by atoms with van der Waals surface area (Å²) in [6, 6.07) is 4.11. The molecule has 1 rings (SSSR count). The number of rotatable bonds is 12. The molecule has 1 heterocycles. The van der Waals surface area contributed by atoms with Crippen molar-refractivity contribution in [3.8, 4) is 5.88 Å².